The van der Waals surface area contributed by atoms with Gasteiger partial charge in [-0.25, -0.2) is 9.59 Å². The maximum absolute atomic E-state index is 11.0. The largest absolute Gasteiger partial charge is 0.444 e. The van der Waals surface area contributed by atoms with Gasteiger partial charge in [0.25, 0.3) is 0 Å². The van der Waals surface area contributed by atoms with Gasteiger partial charge in [-0.15, -0.1) is 5.17 Å². The molecule has 0 amide bonds. The third-order valence-electron chi connectivity index (χ3n) is 2.24. The highest BCUT2D eigenvalue weighted by atomic mass is 16.9. The first-order valence-corrected chi connectivity index (χ1v) is 5.46. The maximum atomic E-state index is 11.0. The van der Waals surface area contributed by atoms with Crippen LogP contribution in [0.3, 0.4) is 0 Å². The first-order valence-electron chi connectivity index (χ1n) is 5.46. The van der Waals surface area contributed by atoms with E-state index in [1.54, 1.807) is 12.1 Å². The average molecular weight is 248 g/mol. The van der Waals surface area contributed by atoms with Gasteiger partial charge >= 0.3 is 11.9 Å². The van der Waals surface area contributed by atoms with E-state index in [2.05, 4.69) is 17.4 Å². The van der Waals surface area contributed by atoms with Crippen molar-refractivity contribution in [2.45, 2.75) is 13.3 Å². The molecule has 6 nitrogen and oxygen atoms in total. The number of nitrogens with one attached hydrogen (secondary N) is 1. The third-order valence-corrected chi connectivity index (χ3v) is 2.24. The molecule has 0 radical (unpaired) electrons. The summed E-state index contributed by atoms with van der Waals surface area (Å²) in [5, 5.41) is 0.983. The quantitative estimate of drug-likeness (QED) is 0.814. The molecule has 18 heavy (non-hydrogen) atoms. The van der Waals surface area contributed by atoms with Crippen LogP contribution in [-0.4, -0.2) is 11.9 Å². The minimum absolute atomic E-state index is 0.546. The van der Waals surface area contributed by atoms with Crippen LogP contribution in [-0.2, 0) is 19.3 Å². The number of benzene rings is 1. The highest BCUT2D eigenvalue weighted by Gasteiger charge is 2.29. The van der Waals surface area contributed by atoms with E-state index in [0.29, 0.717) is 5.69 Å². The van der Waals surface area contributed by atoms with Crippen molar-refractivity contribution in [3.8, 4) is 0 Å². The molecule has 0 aromatic heterocycles. The Morgan fingerprint density at radius 3 is 2.56 bits per heavy atom. The van der Waals surface area contributed by atoms with Crippen molar-refractivity contribution in [3.05, 3.63) is 35.9 Å². The van der Waals surface area contributed by atoms with Crippen LogP contribution in [0.25, 0.3) is 6.08 Å². The molecule has 1 fully saturated rings. The molecule has 0 spiro atoms. The summed E-state index contributed by atoms with van der Waals surface area (Å²) in [5.74, 6) is -2.14. The predicted octanol–water partition coefficient (Wildman–Crippen LogP) is 1.35. The van der Waals surface area contributed by atoms with Gasteiger partial charge in [0.1, 0.15) is 0 Å². The number of anilines is 1. The molecule has 1 aromatic carbocycles. The van der Waals surface area contributed by atoms with Gasteiger partial charge in [0, 0.05) is 0 Å². The second-order valence-corrected chi connectivity index (χ2v) is 3.56. The molecular weight excluding hydrogens is 236 g/mol. The molecule has 2 rings (SSSR count). The minimum Gasteiger partial charge on any atom is -0.338 e. The second-order valence-electron chi connectivity index (χ2n) is 3.56. The third kappa shape index (κ3) is 2.67. The van der Waals surface area contributed by atoms with Gasteiger partial charge in [0.05, 0.1) is 5.69 Å². The Hall–Kier alpha value is -2.34. The summed E-state index contributed by atoms with van der Waals surface area (Å²) in [6.07, 6.45) is 4.98. The molecule has 1 N–H and O–H groups in total. The standard InChI is InChI=1S/C12H12N2O4/c1-2-3-4-9-5-7-10(8-6-9)14-13-17-11(15)12(16)18-14/h3-8,13H,2H2,1H3/b4-3+. The highest BCUT2D eigenvalue weighted by molar-refractivity contribution is 6.30. The lowest BCUT2D eigenvalue weighted by Gasteiger charge is -2.25. The van der Waals surface area contributed by atoms with Gasteiger partial charge in [-0.1, -0.05) is 31.2 Å². The van der Waals surface area contributed by atoms with Crippen molar-refractivity contribution in [1.82, 2.24) is 5.59 Å². The SMILES string of the molecule is CC/C=C/c1ccc(N2NOC(=O)C(=O)O2)cc1. The van der Waals surface area contributed by atoms with Gasteiger partial charge < -0.3 is 9.68 Å². The van der Waals surface area contributed by atoms with Gasteiger partial charge in [-0.05, 0) is 29.7 Å². The molecule has 0 atom stereocenters. The Balaban J connectivity index is 2.08. The van der Waals surface area contributed by atoms with Gasteiger partial charge in [0.15, 0.2) is 0 Å². The van der Waals surface area contributed by atoms with Crippen LogP contribution < -0.4 is 10.8 Å². The van der Waals surface area contributed by atoms with Crippen LogP contribution in [0.1, 0.15) is 18.9 Å². The fourth-order valence-electron chi connectivity index (χ4n) is 1.34. The van der Waals surface area contributed by atoms with Crippen molar-refractivity contribution in [2.75, 3.05) is 5.17 Å². The fourth-order valence-corrected chi connectivity index (χ4v) is 1.34. The summed E-state index contributed by atoms with van der Waals surface area (Å²) in [5.41, 5.74) is 3.78. The van der Waals surface area contributed by atoms with Crippen LogP contribution in [0.5, 0.6) is 0 Å². The predicted molar refractivity (Wildman–Crippen MR) is 63.6 cm³/mol. The van der Waals surface area contributed by atoms with Crippen LogP contribution >= 0.6 is 0 Å². The summed E-state index contributed by atoms with van der Waals surface area (Å²) in [6, 6.07) is 7.17. The summed E-state index contributed by atoms with van der Waals surface area (Å²) >= 11 is 0. The smallest absolute Gasteiger partial charge is 0.338 e. The molecule has 0 unspecified atom stereocenters. The van der Waals surface area contributed by atoms with E-state index in [-0.39, 0.29) is 0 Å². The molecule has 94 valence electrons. The Morgan fingerprint density at radius 1 is 1.22 bits per heavy atom. The number of carbonyl (C=O) groups is 2. The molecule has 1 saturated heterocycles. The Bertz CT molecular complexity index is 481. The summed E-state index contributed by atoms with van der Waals surface area (Å²) in [4.78, 5) is 30.8. The molecule has 6 heteroatoms. The van der Waals surface area contributed by atoms with Crippen LogP contribution in [0.4, 0.5) is 5.69 Å². The summed E-state index contributed by atoms with van der Waals surface area (Å²) < 4.78 is 0. The van der Waals surface area contributed by atoms with Crippen molar-refractivity contribution < 1.29 is 19.3 Å². The molecular formula is C12H12N2O4. The normalized spacial score (nSPS) is 15.7. The number of hydrogen-bond donors (Lipinski definition) is 1. The number of hydrogen-bond acceptors (Lipinski definition) is 6. The van der Waals surface area contributed by atoms with Crippen molar-refractivity contribution >= 4 is 23.7 Å². The van der Waals surface area contributed by atoms with E-state index in [1.165, 1.54) is 0 Å². The second kappa shape index (κ2) is 5.33. The van der Waals surface area contributed by atoms with Crippen molar-refractivity contribution in [2.24, 2.45) is 0 Å². The zero-order valence-corrected chi connectivity index (χ0v) is 9.75. The Morgan fingerprint density at radius 2 is 1.94 bits per heavy atom. The number of rotatable bonds is 3. The van der Waals surface area contributed by atoms with Crippen LogP contribution in [0, 0.1) is 0 Å². The number of nitrogens with zero attached hydrogens (tertiary/aromatic N) is 1. The molecule has 0 saturated carbocycles. The highest BCUT2D eigenvalue weighted by Crippen LogP contribution is 2.16. The number of hydrazine groups is 1. The molecule has 1 heterocycles. The average Bonchev–Trinajstić information content (AvgIpc) is 2.40. The number of carbonyl (C=O) groups excluding carboxylic acids is 2. The van der Waals surface area contributed by atoms with E-state index in [4.69, 9.17) is 4.84 Å². The van der Waals surface area contributed by atoms with E-state index in [9.17, 15) is 9.59 Å². The Labute approximate surface area is 104 Å². The molecule has 1 aliphatic heterocycles. The Kier molecular flexibility index (Phi) is 3.59. The van der Waals surface area contributed by atoms with Crippen LogP contribution in [0.2, 0.25) is 0 Å². The summed E-state index contributed by atoms with van der Waals surface area (Å²) in [6.45, 7) is 2.05. The zero-order chi connectivity index (χ0) is 13.0. The minimum atomic E-state index is -1.08. The van der Waals surface area contributed by atoms with Crippen molar-refractivity contribution in [1.29, 1.82) is 0 Å². The van der Waals surface area contributed by atoms with E-state index in [1.807, 2.05) is 24.3 Å². The van der Waals surface area contributed by atoms with Crippen molar-refractivity contribution in [3.63, 3.8) is 0 Å². The lowest BCUT2D eigenvalue weighted by molar-refractivity contribution is -0.192. The molecule has 0 aliphatic carbocycles. The van der Waals surface area contributed by atoms with Gasteiger partial charge in [-0.2, -0.15) is 0 Å². The van der Waals surface area contributed by atoms with Crippen LogP contribution in [0.15, 0.2) is 30.3 Å². The zero-order valence-electron chi connectivity index (χ0n) is 9.75. The lowest BCUT2D eigenvalue weighted by Crippen LogP contribution is -2.49. The van der Waals surface area contributed by atoms with E-state index in [0.717, 1.165) is 17.2 Å². The maximum Gasteiger partial charge on any atom is 0.444 e. The van der Waals surface area contributed by atoms with Gasteiger partial charge in [-0.3, -0.25) is 0 Å². The first-order chi connectivity index (χ1) is 8.70. The topological polar surface area (TPSA) is 67.9 Å². The molecule has 1 aliphatic rings. The number of allylic oxidation sites excluding steroid dienone is 1. The fraction of sp³-hybridized carbons (Fsp3) is 0.167. The molecule has 1 aromatic rings. The monoisotopic (exact) mass is 248 g/mol. The first kappa shape index (κ1) is 12.1. The van der Waals surface area contributed by atoms with E-state index >= 15 is 0 Å². The van der Waals surface area contributed by atoms with E-state index < -0.39 is 11.9 Å². The van der Waals surface area contributed by atoms with Gasteiger partial charge in [0.2, 0.25) is 0 Å². The lowest BCUT2D eigenvalue weighted by atomic mass is 10.2. The molecule has 0 bridgehead atoms. The summed E-state index contributed by atoms with van der Waals surface area (Å²) in [7, 11) is 0.